The molecule has 112 valence electrons. The minimum absolute atomic E-state index is 0.0326. The molecule has 0 spiro atoms. The lowest BCUT2D eigenvalue weighted by Crippen LogP contribution is -2.50. The first-order valence-corrected chi connectivity index (χ1v) is 6.71. The number of nitrogens with two attached hydrogens (primary N) is 1. The summed E-state index contributed by atoms with van der Waals surface area (Å²) in [5, 5.41) is 14.3. The van der Waals surface area contributed by atoms with E-state index in [0.29, 0.717) is 22.1 Å². The number of hydrogen-bond donors (Lipinski definition) is 3. The van der Waals surface area contributed by atoms with Gasteiger partial charge in [-0.25, -0.2) is 5.84 Å². The third kappa shape index (κ3) is 2.70. The van der Waals surface area contributed by atoms with Crippen molar-refractivity contribution in [2.24, 2.45) is 5.84 Å². The minimum atomic E-state index is -0.427. The van der Waals surface area contributed by atoms with Crippen LogP contribution in [-0.2, 0) is 4.79 Å². The number of hydrogen-bond acceptors (Lipinski definition) is 5. The molecule has 4 N–H and O–H groups in total. The molecule has 1 aromatic rings. The van der Waals surface area contributed by atoms with Gasteiger partial charge >= 0.3 is 0 Å². The quantitative estimate of drug-likeness (QED) is 0.574. The molecule has 1 aliphatic rings. The Morgan fingerprint density at radius 1 is 1.52 bits per heavy atom. The van der Waals surface area contributed by atoms with E-state index in [1.165, 1.54) is 25.1 Å². The zero-order valence-corrected chi connectivity index (χ0v) is 12.8. The molecule has 0 amide bonds. The van der Waals surface area contributed by atoms with Crippen LogP contribution in [0.15, 0.2) is 29.5 Å². The van der Waals surface area contributed by atoms with Crippen molar-refractivity contribution in [1.82, 2.24) is 10.3 Å². The molecule has 6 nitrogen and oxygen atoms in total. The molecule has 0 bridgehead atoms. The van der Waals surface area contributed by atoms with E-state index in [-0.39, 0.29) is 11.5 Å². The lowest BCUT2D eigenvalue weighted by molar-refractivity contribution is -0.114. The number of carbonyl (C=O) groups is 1. The van der Waals surface area contributed by atoms with Gasteiger partial charge in [-0.3, -0.25) is 9.80 Å². The number of methoxy groups -OCH3 is 1. The third-order valence-corrected chi connectivity index (χ3v) is 3.76. The van der Waals surface area contributed by atoms with Gasteiger partial charge in [0.25, 0.3) is 0 Å². The summed E-state index contributed by atoms with van der Waals surface area (Å²) in [6, 6.07) is 4.46. The van der Waals surface area contributed by atoms with Crippen molar-refractivity contribution in [2.75, 3.05) is 7.11 Å². The van der Waals surface area contributed by atoms with Gasteiger partial charge in [-0.05, 0) is 43.8 Å². The molecule has 0 saturated heterocycles. The van der Waals surface area contributed by atoms with Crippen molar-refractivity contribution in [3.8, 4) is 11.5 Å². The number of aromatic hydroxyl groups is 1. The van der Waals surface area contributed by atoms with Crippen molar-refractivity contribution in [3.63, 3.8) is 0 Å². The van der Waals surface area contributed by atoms with E-state index in [2.05, 4.69) is 5.32 Å². The summed E-state index contributed by atoms with van der Waals surface area (Å²) in [5.74, 6) is 6.09. The Balaban J connectivity index is 2.55. The molecule has 1 aromatic carbocycles. The van der Waals surface area contributed by atoms with E-state index >= 15 is 0 Å². The second-order valence-electron chi connectivity index (χ2n) is 4.74. The van der Waals surface area contributed by atoms with Gasteiger partial charge in [-0.15, -0.1) is 0 Å². The average Bonchev–Trinajstić information content (AvgIpc) is 2.44. The molecule has 1 atom stereocenters. The number of rotatable bonds is 3. The number of phenols is 1. The summed E-state index contributed by atoms with van der Waals surface area (Å²) in [4.78, 5) is 12.0. The van der Waals surface area contributed by atoms with Crippen LogP contribution in [0, 0.1) is 0 Å². The SMILES string of the molecule is COc1cc([C@H]2NC(=S)N(N)C(C)=C2C(C)=O)ccc1O. The number of phenolic OH excluding ortho intramolecular Hbond substituents is 1. The lowest BCUT2D eigenvalue weighted by Gasteiger charge is -2.35. The minimum Gasteiger partial charge on any atom is -0.504 e. The summed E-state index contributed by atoms with van der Waals surface area (Å²) in [7, 11) is 1.46. The highest BCUT2D eigenvalue weighted by Gasteiger charge is 2.31. The van der Waals surface area contributed by atoms with Gasteiger partial charge in [0.2, 0.25) is 0 Å². The number of allylic oxidation sites excluding steroid dienone is 1. The summed E-state index contributed by atoms with van der Waals surface area (Å²) in [6.45, 7) is 3.22. The molecular weight excluding hydrogens is 290 g/mol. The van der Waals surface area contributed by atoms with E-state index in [1.807, 2.05) is 0 Å². The molecule has 21 heavy (non-hydrogen) atoms. The van der Waals surface area contributed by atoms with Gasteiger partial charge < -0.3 is 15.2 Å². The first kappa shape index (κ1) is 15.3. The molecule has 0 fully saturated rings. The van der Waals surface area contributed by atoms with Gasteiger partial charge in [-0.2, -0.15) is 0 Å². The van der Waals surface area contributed by atoms with Crippen molar-refractivity contribution in [1.29, 1.82) is 0 Å². The monoisotopic (exact) mass is 307 g/mol. The van der Waals surface area contributed by atoms with Crippen molar-refractivity contribution in [3.05, 3.63) is 35.0 Å². The molecule has 1 heterocycles. The Kier molecular flexibility index (Phi) is 4.15. The maximum atomic E-state index is 12.0. The molecular formula is C14H17N3O3S. The van der Waals surface area contributed by atoms with Gasteiger partial charge in [-0.1, -0.05) is 6.07 Å². The Hall–Kier alpha value is -2.12. The van der Waals surface area contributed by atoms with Crippen LogP contribution in [0.4, 0.5) is 0 Å². The van der Waals surface area contributed by atoms with Crippen LogP contribution in [0.3, 0.4) is 0 Å². The van der Waals surface area contributed by atoms with E-state index in [4.69, 9.17) is 22.8 Å². The lowest BCUT2D eigenvalue weighted by atomic mass is 9.93. The van der Waals surface area contributed by atoms with Gasteiger partial charge in [0, 0.05) is 11.3 Å². The van der Waals surface area contributed by atoms with Crippen LogP contribution in [0.25, 0.3) is 0 Å². The molecule has 0 aliphatic carbocycles. The van der Waals surface area contributed by atoms with Gasteiger partial charge in [0.05, 0.1) is 13.2 Å². The highest BCUT2D eigenvalue weighted by molar-refractivity contribution is 7.80. The summed E-state index contributed by atoms with van der Waals surface area (Å²) in [5.41, 5.74) is 1.88. The number of thiocarbonyl (C=S) groups is 1. The normalized spacial score (nSPS) is 18.6. The molecule has 0 saturated carbocycles. The summed E-state index contributed by atoms with van der Waals surface area (Å²) >= 11 is 5.17. The number of nitrogens with zero attached hydrogens (tertiary/aromatic N) is 1. The molecule has 7 heteroatoms. The summed E-state index contributed by atoms with van der Waals surface area (Å²) in [6.07, 6.45) is 0. The fourth-order valence-electron chi connectivity index (χ4n) is 2.34. The van der Waals surface area contributed by atoms with Crippen LogP contribution in [-0.4, -0.2) is 28.1 Å². The second kappa shape index (κ2) is 5.71. The zero-order valence-electron chi connectivity index (χ0n) is 12.0. The molecule has 0 radical (unpaired) electrons. The smallest absolute Gasteiger partial charge is 0.188 e. The zero-order chi connectivity index (χ0) is 15.7. The number of Topliss-reactive ketones (excluding diaryl/α,β-unsaturated/α-hetero) is 1. The maximum absolute atomic E-state index is 12.0. The highest BCUT2D eigenvalue weighted by atomic mass is 32.1. The number of ketones is 1. The van der Waals surface area contributed by atoms with Crippen molar-refractivity contribution in [2.45, 2.75) is 19.9 Å². The number of hydrazine groups is 1. The van der Waals surface area contributed by atoms with Crippen molar-refractivity contribution < 1.29 is 14.6 Å². The Morgan fingerprint density at radius 2 is 2.19 bits per heavy atom. The summed E-state index contributed by atoms with van der Waals surface area (Å²) < 4.78 is 5.10. The molecule has 0 aromatic heterocycles. The predicted molar refractivity (Wildman–Crippen MR) is 82.5 cm³/mol. The predicted octanol–water partition coefficient (Wildman–Crippen LogP) is 1.37. The standard InChI is InChI=1S/C14H17N3O3S/c1-7-12(8(2)18)13(16-14(21)17(7)15)9-4-5-10(19)11(6-9)20-3/h4-6,13,19H,15H2,1-3H3,(H,16,21)/t13-/m1/s1. The Labute approximate surface area is 128 Å². The van der Waals surface area contributed by atoms with Gasteiger partial charge in [0.1, 0.15) is 0 Å². The van der Waals surface area contributed by atoms with Crippen LogP contribution in [0.2, 0.25) is 0 Å². The van der Waals surface area contributed by atoms with Crippen LogP contribution < -0.4 is 15.9 Å². The molecule has 1 aliphatic heterocycles. The average molecular weight is 307 g/mol. The fraction of sp³-hybridized carbons (Fsp3) is 0.286. The first-order valence-electron chi connectivity index (χ1n) is 6.30. The number of nitrogens with one attached hydrogen (secondary N) is 1. The fourth-order valence-corrected chi connectivity index (χ4v) is 2.59. The largest absolute Gasteiger partial charge is 0.504 e. The molecule has 0 unspecified atom stereocenters. The van der Waals surface area contributed by atoms with Crippen LogP contribution in [0.1, 0.15) is 25.5 Å². The van der Waals surface area contributed by atoms with E-state index < -0.39 is 6.04 Å². The number of ether oxygens (including phenoxy) is 1. The topological polar surface area (TPSA) is 87.8 Å². The number of carbonyl (C=O) groups excluding carboxylic acids is 1. The molecule has 2 rings (SSSR count). The maximum Gasteiger partial charge on any atom is 0.188 e. The van der Waals surface area contributed by atoms with Crippen LogP contribution in [0.5, 0.6) is 11.5 Å². The number of benzene rings is 1. The highest BCUT2D eigenvalue weighted by Crippen LogP contribution is 2.34. The van der Waals surface area contributed by atoms with Crippen LogP contribution >= 0.6 is 12.2 Å². The van der Waals surface area contributed by atoms with Gasteiger partial charge in [0.15, 0.2) is 22.4 Å². The van der Waals surface area contributed by atoms with E-state index in [1.54, 1.807) is 19.1 Å². The third-order valence-electron chi connectivity index (χ3n) is 3.44. The first-order chi connectivity index (χ1) is 9.86. The Morgan fingerprint density at radius 3 is 2.76 bits per heavy atom. The Bertz CT molecular complexity index is 642. The van der Waals surface area contributed by atoms with Crippen molar-refractivity contribution >= 4 is 23.1 Å². The van der Waals surface area contributed by atoms with E-state index in [0.717, 1.165) is 5.56 Å². The van der Waals surface area contributed by atoms with E-state index in [9.17, 15) is 9.90 Å². The second-order valence-corrected chi connectivity index (χ2v) is 5.13.